The molecule has 1 aromatic rings. The van der Waals surface area contributed by atoms with Crippen LogP contribution in [0.2, 0.25) is 5.02 Å². The molecule has 1 spiro atoms. The van der Waals surface area contributed by atoms with Crippen LogP contribution in [0.4, 0.5) is 0 Å². The van der Waals surface area contributed by atoms with Gasteiger partial charge in [0.05, 0.1) is 22.1 Å². The molecule has 2 N–H and O–H groups in total. The molecule has 2 aliphatic heterocycles. The minimum Gasteiger partial charge on any atom is -0.486 e. The van der Waals surface area contributed by atoms with Crippen LogP contribution < -0.4 is 10.1 Å². The van der Waals surface area contributed by atoms with Crippen LogP contribution in [0.5, 0.6) is 5.75 Å². The number of fused-ring (bicyclic) bond motifs is 3. The molecule has 6 atom stereocenters. The number of hydrogen-bond acceptors (Lipinski definition) is 3. The Morgan fingerprint density at radius 3 is 2.72 bits per heavy atom. The number of carbonyl (C=O) groups is 1. The maximum atomic E-state index is 12.3. The summed E-state index contributed by atoms with van der Waals surface area (Å²) in [5.74, 6) is 1.32. The van der Waals surface area contributed by atoms with E-state index in [2.05, 4.69) is 33.0 Å². The van der Waals surface area contributed by atoms with Gasteiger partial charge in [-0.2, -0.15) is 0 Å². The van der Waals surface area contributed by atoms with Crippen LogP contribution in [-0.2, 0) is 13.0 Å². The van der Waals surface area contributed by atoms with Gasteiger partial charge in [0.25, 0.3) is 5.91 Å². The number of hydrogen-bond donors (Lipinski definition) is 2. The van der Waals surface area contributed by atoms with Crippen molar-refractivity contribution in [1.29, 1.82) is 0 Å². The summed E-state index contributed by atoms with van der Waals surface area (Å²) >= 11 is 13.3. The van der Waals surface area contributed by atoms with E-state index in [1.807, 2.05) is 6.07 Å². The van der Waals surface area contributed by atoms with E-state index in [4.69, 9.17) is 27.9 Å². The first-order chi connectivity index (χ1) is 13.5. The summed E-state index contributed by atoms with van der Waals surface area (Å²) in [6.45, 7) is 9.35. The van der Waals surface area contributed by atoms with Crippen molar-refractivity contribution in [2.75, 3.05) is 0 Å². The molecule has 158 valence electrons. The van der Waals surface area contributed by atoms with Gasteiger partial charge in [-0.15, -0.1) is 11.6 Å². The van der Waals surface area contributed by atoms with E-state index < -0.39 is 11.7 Å². The fraction of sp³-hybridized carbons (Fsp3) is 0.696. The summed E-state index contributed by atoms with van der Waals surface area (Å²) < 4.78 is 7.05. The van der Waals surface area contributed by atoms with E-state index in [1.54, 1.807) is 0 Å². The highest BCUT2D eigenvalue weighted by Gasteiger charge is 2.69. The number of halogens is 2. The first-order valence-corrected chi connectivity index (χ1v) is 11.5. The van der Waals surface area contributed by atoms with Gasteiger partial charge < -0.3 is 15.2 Å². The topological polar surface area (TPSA) is 58.6 Å². The van der Waals surface area contributed by atoms with Gasteiger partial charge in [-0.1, -0.05) is 39.3 Å². The SMILES string of the molecule is C[C@H]1CC[C@H]2C(C)(C)[C@@H](O)[C@H](Cl)C[C@]23Oc2c(cc(Cl)c4c2CNC4=O)C[C@]13C. The quantitative estimate of drug-likeness (QED) is 0.577. The van der Waals surface area contributed by atoms with Gasteiger partial charge >= 0.3 is 0 Å². The maximum Gasteiger partial charge on any atom is 0.253 e. The normalized spacial score (nSPS) is 42.1. The lowest BCUT2D eigenvalue weighted by molar-refractivity contribution is -0.232. The van der Waals surface area contributed by atoms with Crippen LogP contribution in [0.25, 0.3) is 0 Å². The summed E-state index contributed by atoms with van der Waals surface area (Å²) in [6.07, 6.45) is 3.00. The zero-order valence-electron chi connectivity index (χ0n) is 17.4. The summed E-state index contributed by atoms with van der Waals surface area (Å²) in [4.78, 5) is 12.3. The molecule has 6 heteroatoms. The molecule has 2 aliphatic carbocycles. The summed E-state index contributed by atoms with van der Waals surface area (Å²) in [6, 6.07) is 1.93. The second-order valence-electron chi connectivity index (χ2n) is 10.5. The Balaban J connectivity index is 1.74. The van der Waals surface area contributed by atoms with Crippen LogP contribution in [0.3, 0.4) is 0 Å². The lowest BCUT2D eigenvalue weighted by Gasteiger charge is -2.67. The fourth-order valence-electron chi connectivity index (χ4n) is 7.01. The first kappa shape index (κ1) is 20.0. The van der Waals surface area contributed by atoms with Gasteiger partial charge in [0.2, 0.25) is 0 Å². The van der Waals surface area contributed by atoms with E-state index in [9.17, 15) is 9.90 Å². The second-order valence-corrected chi connectivity index (χ2v) is 11.5. The molecule has 0 bridgehead atoms. The number of benzene rings is 1. The highest BCUT2D eigenvalue weighted by atomic mass is 35.5. The first-order valence-electron chi connectivity index (χ1n) is 10.7. The van der Waals surface area contributed by atoms with E-state index in [1.165, 1.54) is 0 Å². The van der Waals surface area contributed by atoms with Crippen LogP contribution in [0, 0.1) is 22.7 Å². The number of amides is 1. The summed E-state index contributed by atoms with van der Waals surface area (Å²) in [7, 11) is 0. The van der Waals surface area contributed by atoms with E-state index in [0.717, 1.165) is 36.1 Å². The Kier molecular flexibility index (Phi) is 4.16. The molecule has 1 amide bonds. The minimum atomic E-state index is -0.568. The van der Waals surface area contributed by atoms with Gasteiger partial charge in [0.1, 0.15) is 11.4 Å². The third-order valence-electron chi connectivity index (χ3n) is 8.91. The van der Waals surface area contributed by atoms with E-state index in [0.29, 0.717) is 29.5 Å². The van der Waals surface area contributed by atoms with Crippen molar-refractivity contribution in [3.63, 3.8) is 0 Å². The average molecular weight is 438 g/mol. The lowest BCUT2D eigenvalue weighted by atomic mass is 9.43. The third-order valence-corrected chi connectivity index (χ3v) is 9.60. The van der Waals surface area contributed by atoms with Crippen LogP contribution in [0.1, 0.15) is 68.4 Å². The highest BCUT2D eigenvalue weighted by molar-refractivity contribution is 6.34. The largest absolute Gasteiger partial charge is 0.486 e. The van der Waals surface area contributed by atoms with Crippen molar-refractivity contribution >= 4 is 29.1 Å². The van der Waals surface area contributed by atoms with Crippen LogP contribution in [-0.4, -0.2) is 28.1 Å². The number of rotatable bonds is 0. The number of aliphatic hydroxyl groups is 1. The molecule has 2 saturated carbocycles. The van der Waals surface area contributed by atoms with Gasteiger partial charge in [-0.3, -0.25) is 4.79 Å². The van der Waals surface area contributed by atoms with Gasteiger partial charge in [-0.05, 0) is 42.2 Å². The zero-order valence-corrected chi connectivity index (χ0v) is 19.0. The fourth-order valence-corrected chi connectivity index (χ4v) is 7.89. The Morgan fingerprint density at radius 2 is 2.00 bits per heavy atom. The molecule has 0 unspecified atom stereocenters. The Bertz CT molecular complexity index is 916. The number of carbonyl (C=O) groups excluding carboxylic acids is 1. The summed E-state index contributed by atoms with van der Waals surface area (Å²) in [5.41, 5.74) is 1.55. The molecule has 29 heavy (non-hydrogen) atoms. The van der Waals surface area contributed by atoms with Gasteiger partial charge in [0, 0.05) is 29.9 Å². The molecular formula is C23H29Cl2NO3. The average Bonchev–Trinajstić information content (AvgIpc) is 3.03. The van der Waals surface area contributed by atoms with Crippen molar-refractivity contribution in [3.8, 4) is 5.75 Å². The summed E-state index contributed by atoms with van der Waals surface area (Å²) in [5, 5.41) is 14.0. The predicted molar refractivity (Wildman–Crippen MR) is 114 cm³/mol. The van der Waals surface area contributed by atoms with Gasteiger partial charge in [0.15, 0.2) is 0 Å². The molecule has 2 fully saturated rings. The van der Waals surface area contributed by atoms with Crippen molar-refractivity contribution in [1.82, 2.24) is 5.32 Å². The van der Waals surface area contributed by atoms with Crippen LogP contribution >= 0.6 is 23.2 Å². The lowest BCUT2D eigenvalue weighted by Crippen LogP contribution is -2.72. The van der Waals surface area contributed by atoms with Crippen molar-refractivity contribution in [2.45, 2.75) is 77.0 Å². The number of nitrogens with one attached hydrogen (secondary N) is 1. The Hall–Kier alpha value is -0.970. The number of alkyl halides is 1. The van der Waals surface area contributed by atoms with Gasteiger partial charge in [-0.25, -0.2) is 0 Å². The molecule has 0 radical (unpaired) electrons. The molecular weight excluding hydrogens is 409 g/mol. The molecule has 1 aromatic carbocycles. The minimum absolute atomic E-state index is 0.124. The zero-order chi connectivity index (χ0) is 20.9. The third kappa shape index (κ3) is 2.34. The monoisotopic (exact) mass is 437 g/mol. The smallest absolute Gasteiger partial charge is 0.253 e. The van der Waals surface area contributed by atoms with Crippen molar-refractivity contribution in [2.24, 2.45) is 22.7 Å². The Labute approximate surface area is 182 Å². The maximum absolute atomic E-state index is 12.3. The molecule has 4 aliphatic rings. The molecule has 5 rings (SSSR count). The van der Waals surface area contributed by atoms with Crippen molar-refractivity contribution < 1.29 is 14.6 Å². The highest BCUT2D eigenvalue weighted by Crippen LogP contribution is 2.66. The van der Waals surface area contributed by atoms with Crippen molar-refractivity contribution in [3.05, 3.63) is 27.8 Å². The second kappa shape index (κ2) is 6.05. The van der Waals surface area contributed by atoms with Crippen LogP contribution in [0.15, 0.2) is 6.07 Å². The van der Waals surface area contributed by atoms with E-state index in [-0.39, 0.29) is 28.0 Å². The molecule has 0 aromatic heterocycles. The molecule has 4 nitrogen and oxygen atoms in total. The Morgan fingerprint density at radius 1 is 1.28 bits per heavy atom. The standard InChI is InChI=1S/C23H29Cl2NO3/c1-11-5-6-16-21(2,3)19(27)15(25)9-23(16)22(11,4)8-12-7-14(24)17-13(18(12)29-23)10-26-20(17)28/h7,11,15-16,19,27H,5-6,8-10H2,1-4H3,(H,26,28)/t11-,15+,16-,19-,22+,23-/m0/s1. The van der Waals surface area contributed by atoms with E-state index >= 15 is 0 Å². The molecule has 2 heterocycles. The molecule has 0 saturated heterocycles. The number of ether oxygens (including phenoxy) is 1. The number of aliphatic hydroxyl groups excluding tert-OH is 1. The predicted octanol–water partition coefficient (Wildman–Crippen LogP) is 4.71.